The van der Waals surface area contributed by atoms with Gasteiger partial charge in [-0.25, -0.2) is 0 Å². The van der Waals surface area contributed by atoms with E-state index in [2.05, 4.69) is 0 Å². The van der Waals surface area contributed by atoms with Gasteiger partial charge in [-0.05, 0) is 128 Å². The zero-order valence-corrected chi connectivity index (χ0v) is 35.3. The fraction of sp³-hybridized carbons (Fsp3) is 0.667. The SMILES string of the molecule is CCO[Si](CCCOCC(O)CCc1cc(C(=O)c2ccc(O)c(CCC(O)COCCC[Si](OCC)(OCC)OCC)c2)ccc1O)(OCC)OCC. The highest BCUT2D eigenvalue weighted by Gasteiger charge is 2.40. The molecule has 2 rings (SSSR count). The van der Waals surface area contributed by atoms with Crippen LogP contribution >= 0.6 is 0 Å². The third kappa shape index (κ3) is 16.9. The van der Waals surface area contributed by atoms with Crippen LogP contribution in [0, 0.1) is 0 Å². The Balaban J connectivity index is 1.87. The van der Waals surface area contributed by atoms with E-state index >= 15 is 0 Å². The van der Waals surface area contributed by atoms with Crippen LogP contribution in [0.2, 0.25) is 12.1 Å². The first-order valence-electron chi connectivity index (χ1n) is 19.5. The molecule has 0 spiro atoms. The summed E-state index contributed by atoms with van der Waals surface area (Å²) in [4.78, 5) is 13.5. The normalized spacial score (nSPS) is 13.3. The molecule has 0 aliphatic heterocycles. The van der Waals surface area contributed by atoms with E-state index < -0.39 is 29.8 Å². The van der Waals surface area contributed by atoms with Crippen LogP contribution in [0.15, 0.2) is 36.4 Å². The second-order valence-electron chi connectivity index (χ2n) is 12.7. The second kappa shape index (κ2) is 26.6. The number of phenolic OH excluding ortho intramolecular Hbond substituents is 2. The Morgan fingerprint density at radius 1 is 0.574 bits per heavy atom. The average molecular weight is 799 g/mol. The Bertz CT molecular complexity index is 1200. The van der Waals surface area contributed by atoms with Gasteiger partial charge in [0.15, 0.2) is 5.78 Å². The van der Waals surface area contributed by atoms with Gasteiger partial charge in [-0.3, -0.25) is 4.79 Å². The van der Waals surface area contributed by atoms with Crippen molar-refractivity contribution >= 4 is 23.4 Å². The van der Waals surface area contributed by atoms with Crippen LogP contribution < -0.4 is 0 Å². The van der Waals surface area contributed by atoms with Gasteiger partial charge in [-0.2, -0.15) is 0 Å². The van der Waals surface area contributed by atoms with E-state index in [0.717, 1.165) is 0 Å². The molecule has 2 aromatic rings. The minimum atomic E-state index is -2.74. The Kier molecular flexibility index (Phi) is 23.6. The molecule has 2 unspecified atom stereocenters. The molecular formula is C39H66O13Si2. The molecule has 0 radical (unpaired) electrons. The molecule has 2 atom stereocenters. The van der Waals surface area contributed by atoms with Crippen molar-refractivity contribution < 1.29 is 61.3 Å². The maximum absolute atomic E-state index is 13.5. The van der Waals surface area contributed by atoms with Crippen molar-refractivity contribution in [3.05, 3.63) is 58.7 Å². The van der Waals surface area contributed by atoms with Crippen molar-refractivity contribution in [1.82, 2.24) is 0 Å². The quantitative estimate of drug-likeness (QED) is 0.0397. The van der Waals surface area contributed by atoms with Crippen molar-refractivity contribution in [2.75, 3.05) is 66.1 Å². The summed E-state index contributed by atoms with van der Waals surface area (Å²) in [7, 11) is -5.49. The number of phenols is 2. The Morgan fingerprint density at radius 2 is 0.907 bits per heavy atom. The smallest absolute Gasteiger partial charge is 0.501 e. The number of aliphatic hydroxyl groups excluding tert-OH is 2. The standard InChI is InChI=1S/C39H66O13Si2/c1-7-47-53(48-8-2,49-9-3)25-13-23-45-29-35(40)19-15-31-27-33(17-21-37(31)42)39(44)34-18-22-38(43)32(28-34)16-20-36(41)30-46-24-14-26-54(50-10-4,51-11-5)52-12-6/h17-18,21-22,27-28,35-36,40-43H,7-16,19-20,23-26,29-30H2,1-6H3. The van der Waals surface area contributed by atoms with E-state index in [4.69, 9.17) is 36.0 Å². The van der Waals surface area contributed by atoms with Crippen molar-refractivity contribution in [2.24, 2.45) is 0 Å². The van der Waals surface area contributed by atoms with E-state index in [-0.39, 0.29) is 30.5 Å². The number of aromatic hydroxyl groups is 2. The van der Waals surface area contributed by atoms with Gasteiger partial charge in [-0.15, -0.1) is 0 Å². The number of ketones is 1. The lowest BCUT2D eigenvalue weighted by molar-refractivity contribution is 0.0287. The molecular weight excluding hydrogens is 733 g/mol. The number of hydrogen-bond acceptors (Lipinski definition) is 13. The van der Waals surface area contributed by atoms with Crippen molar-refractivity contribution in [1.29, 1.82) is 0 Å². The first kappa shape index (κ1) is 47.9. The molecule has 0 amide bonds. The summed E-state index contributed by atoms with van der Waals surface area (Å²) < 4.78 is 46.7. The minimum Gasteiger partial charge on any atom is -0.508 e. The Morgan fingerprint density at radius 3 is 1.22 bits per heavy atom. The number of rotatable bonds is 32. The fourth-order valence-corrected chi connectivity index (χ4v) is 11.2. The zero-order valence-electron chi connectivity index (χ0n) is 33.3. The van der Waals surface area contributed by atoms with E-state index in [1.54, 1.807) is 24.3 Å². The topological polar surface area (TPSA) is 172 Å². The molecule has 13 nitrogen and oxygen atoms in total. The molecule has 2 aromatic carbocycles. The van der Waals surface area contributed by atoms with Crippen molar-refractivity contribution in [2.45, 2.75) is 104 Å². The van der Waals surface area contributed by atoms with Crippen LogP contribution in [0.3, 0.4) is 0 Å². The molecule has 0 aliphatic rings. The van der Waals surface area contributed by atoms with Gasteiger partial charge < -0.3 is 56.5 Å². The number of aliphatic hydroxyl groups is 2. The zero-order chi connectivity index (χ0) is 39.8. The van der Waals surface area contributed by atoms with E-state index in [9.17, 15) is 25.2 Å². The van der Waals surface area contributed by atoms with Crippen LogP contribution in [0.5, 0.6) is 11.5 Å². The molecule has 0 fully saturated rings. The highest BCUT2D eigenvalue weighted by atomic mass is 28.4. The predicted molar refractivity (Wildman–Crippen MR) is 210 cm³/mol. The summed E-state index contributed by atoms with van der Waals surface area (Å²) in [6, 6.07) is 10.5. The molecule has 0 saturated heterocycles. The van der Waals surface area contributed by atoms with E-state index in [1.807, 2.05) is 41.5 Å². The van der Waals surface area contributed by atoms with Gasteiger partial charge in [-0.1, -0.05) is 0 Å². The molecule has 0 aliphatic carbocycles. The first-order chi connectivity index (χ1) is 26.0. The third-order valence-corrected chi connectivity index (χ3v) is 14.8. The van der Waals surface area contributed by atoms with Crippen molar-refractivity contribution in [3.63, 3.8) is 0 Å². The molecule has 15 heteroatoms. The second-order valence-corrected chi connectivity index (χ2v) is 18.2. The monoisotopic (exact) mass is 798 g/mol. The van der Waals surface area contributed by atoms with Crippen molar-refractivity contribution in [3.8, 4) is 11.5 Å². The lowest BCUT2D eigenvalue weighted by Crippen LogP contribution is -2.46. The largest absolute Gasteiger partial charge is 0.508 e. The average Bonchev–Trinajstić information content (AvgIpc) is 3.14. The van der Waals surface area contributed by atoms with Gasteiger partial charge in [0.2, 0.25) is 0 Å². The number of carbonyl (C=O) groups is 1. The summed E-state index contributed by atoms with van der Waals surface area (Å²) in [6.45, 7) is 15.6. The summed E-state index contributed by atoms with van der Waals surface area (Å²) in [6.07, 6.45) is 1.13. The molecule has 0 bridgehead atoms. The summed E-state index contributed by atoms with van der Waals surface area (Å²) >= 11 is 0. The van der Waals surface area contributed by atoms with Crippen LogP contribution in [-0.2, 0) is 48.9 Å². The Labute approximate surface area is 324 Å². The fourth-order valence-electron chi connectivity index (χ4n) is 6.05. The van der Waals surface area contributed by atoms with Crippen LogP contribution in [0.1, 0.15) is 94.3 Å². The number of ether oxygens (including phenoxy) is 2. The lowest BCUT2D eigenvalue weighted by atomic mass is 9.96. The summed E-state index contributed by atoms with van der Waals surface area (Å²) in [5.41, 5.74) is 1.80. The number of benzene rings is 2. The maximum Gasteiger partial charge on any atom is 0.501 e. The summed E-state index contributed by atoms with van der Waals surface area (Å²) in [5.74, 6) is -0.210. The van der Waals surface area contributed by atoms with Crippen LogP contribution in [-0.4, -0.2) is 122 Å². The van der Waals surface area contributed by atoms with Crippen LogP contribution in [0.25, 0.3) is 0 Å². The van der Waals surface area contributed by atoms with Gasteiger partial charge >= 0.3 is 17.6 Å². The predicted octanol–water partition coefficient (Wildman–Crippen LogP) is 5.83. The highest BCUT2D eigenvalue weighted by molar-refractivity contribution is 6.61. The number of hydrogen-bond donors (Lipinski definition) is 4. The van der Waals surface area contributed by atoms with Gasteiger partial charge in [0.25, 0.3) is 0 Å². The van der Waals surface area contributed by atoms with E-state index in [0.29, 0.717) is 126 Å². The lowest BCUT2D eigenvalue weighted by Gasteiger charge is -2.28. The molecule has 0 heterocycles. The number of carbonyl (C=O) groups excluding carboxylic acids is 1. The van der Waals surface area contributed by atoms with E-state index in [1.165, 1.54) is 12.1 Å². The molecule has 4 N–H and O–H groups in total. The first-order valence-corrected chi connectivity index (χ1v) is 23.4. The van der Waals surface area contributed by atoms with Gasteiger partial charge in [0.05, 0.1) is 25.4 Å². The van der Waals surface area contributed by atoms with Crippen LogP contribution in [0.4, 0.5) is 0 Å². The Hall–Kier alpha value is -2.26. The number of aryl methyl sites for hydroxylation is 2. The molecule has 0 saturated carbocycles. The van der Waals surface area contributed by atoms with Gasteiger partial charge in [0.1, 0.15) is 11.5 Å². The molecule has 0 aromatic heterocycles. The third-order valence-electron chi connectivity index (χ3n) is 8.53. The summed E-state index contributed by atoms with van der Waals surface area (Å²) in [5, 5.41) is 42.2. The minimum absolute atomic E-state index is 0.0330. The van der Waals surface area contributed by atoms with Gasteiger partial charge in [0, 0.05) is 76.1 Å². The molecule has 54 heavy (non-hydrogen) atoms. The maximum atomic E-state index is 13.5. The molecule has 308 valence electrons. The highest BCUT2D eigenvalue weighted by Crippen LogP contribution is 2.26.